The monoisotopic (exact) mass is 230 g/mol. The normalized spacial score (nSPS) is 27.8. The lowest BCUT2D eigenvalue weighted by Gasteiger charge is -2.17. The van der Waals surface area contributed by atoms with E-state index < -0.39 is 0 Å². The largest absolute Gasteiger partial charge is 0.399 e. The SMILES string of the molecule is CC1(C)CC1NCC1(c2ccc(N)cc2)CC1. The third-order valence-electron chi connectivity index (χ3n) is 4.58. The Morgan fingerprint density at radius 2 is 1.82 bits per heavy atom. The van der Waals surface area contributed by atoms with Gasteiger partial charge in [-0.3, -0.25) is 0 Å². The van der Waals surface area contributed by atoms with E-state index in [0.29, 0.717) is 10.8 Å². The van der Waals surface area contributed by atoms with Crippen LogP contribution in [-0.4, -0.2) is 12.6 Å². The van der Waals surface area contributed by atoms with Gasteiger partial charge in [-0.25, -0.2) is 0 Å². The van der Waals surface area contributed by atoms with Gasteiger partial charge in [0.05, 0.1) is 0 Å². The van der Waals surface area contributed by atoms with Crippen molar-refractivity contribution in [2.24, 2.45) is 5.41 Å². The minimum absolute atomic E-state index is 0.409. The lowest BCUT2D eigenvalue weighted by Crippen LogP contribution is -2.30. The maximum atomic E-state index is 5.74. The molecule has 0 spiro atoms. The summed E-state index contributed by atoms with van der Waals surface area (Å²) in [5, 5.41) is 3.73. The number of nitrogens with one attached hydrogen (secondary N) is 1. The van der Waals surface area contributed by atoms with Gasteiger partial charge < -0.3 is 11.1 Å². The van der Waals surface area contributed by atoms with E-state index in [1.54, 1.807) is 0 Å². The fourth-order valence-corrected chi connectivity index (χ4v) is 2.69. The van der Waals surface area contributed by atoms with Crippen LogP contribution in [0.5, 0.6) is 0 Å². The zero-order valence-electron chi connectivity index (χ0n) is 10.8. The van der Waals surface area contributed by atoms with Crippen LogP contribution in [-0.2, 0) is 5.41 Å². The first-order valence-corrected chi connectivity index (χ1v) is 6.61. The second-order valence-corrected chi connectivity index (χ2v) is 6.53. The third-order valence-corrected chi connectivity index (χ3v) is 4.58. The number of rotatable bonds is 4. The summed E-state index contributed by atoms with van der Waals surface area (Å²) in [5.74, 6) is 0. The Kier molecular flexibility index (Phi) is 2.27. The van der Waals surface area contributed by atoms with E-state index in [4.69, 9.17) is 5.73 Å². The second kappa shape index (κ2) is 3.49. The number of nitrogens with two attached hydrogens (primary N) is 1. The quantitative estimate of drug-likeness (QED) is 0.780. The van der Waals surface area contributed by atoms with Crippen LogP contribution >= 0.6 is 0 Å². The van der Waals surface area contributed by atoms with Gasteiger partial charge in [0.25, 0.3) is 0 Å². The Labute approximate surface area is 104 Å². The van der Waals surface area contributed by atoms with Crippen LogP contribution in [0.4, 0.5) is 5.69 Å². The number of hydrogen-bond donors (Lipinski definition) is 2. The molecule has 0 aromatic heterocycles. The second-order valence-electron chi connectivity index (χ2n) is 6.53. The fourth-order valence-electron chi connectivity index (χ4n) is 2.69. The van der Waals surface area contributed by atoms with Gasteiger partial charge >= 0.3 is 0 Å². The topological polar surface area (TPSA) is 38.0 Å². The minimum atomic E-state index is 0.409. The van der Waals surface area contributed by atoms with Crippen LogP contribution in [0.3, 0.4) is 0 Å². The molecule has 0 amide bonds. The molecule has 1 aromatic carbocycles. The van der Waals surface area contributed by atoms with Crippen molar-refractivity contribution < 1.29 is 0 Å². The molecule has 2 saturated carbocycles. The van der Waals surface area contributed by atoms with Crippen molar-refractivity contribution in [2.75, 3.05) is 12.3 Å². The predicted octanol–water partition coefficient (Wildman–Crippen LogP) is 2.69. The molecule has 2 fully saturated rings. The maximum Gasteiger partial charge on any atom is 0.0314 e. The average Bonchev–Trinajstić information content (AvgIpc) is 3.15. The van der Waals surface area contributed by atoms with Gasteiger partial charge in [-0.2, -0.15) is 0 Å². The summed E-state index contributed by atoms with van der Waals surface area (Å²) in [6.45, 7) is 5.81. The summed E-state index contributed by atoms with van der Waals surface area (Å²) >= 11 is 0. The van der Waals surface area contributed by atoms with Crippen molar-refractivity contribution in [1.29, 1.82) is 0 Å². The molecule has 2 aliphatic carbocycles. The molecule has 0 saturated heterocycles. The van der Waals surface area contributed by atoms with Gasteiger partial charge in [0.1, 0.15) is 0 Å². The molecule has 92 valence electrons. The predicted molar refractivity (Wildman–Crippen MR) is 72.0 cm³/mol. The van der Waals surface area contributed by atoms with Gasteiger partial charge in [0.2, 0.25) is 0 Å². The highest BCUT2D eigenvalue weighted by atomic mass is 15.0. The first kappa shape index (κ1) is 11.1. The number of hydrogen-bond acceptors (Lipinski definition) is 2. The third kappa shape index (κ3) is 2.06. The molecule has 0 radical (unpaired) electrons. The van der Waals surface area contributed by atoms with Gasteiger partial charge in [-0.05, 0) is 42.4 Å². The lowest BCUT2D eigenvalue weighted by molar-refractivity contribution is 0.504. The summed E-state index contributed by atoms with van der Waals surface area (Å²) in [4.78, 5) is 0. The molecule has 2 nitrogen and oxygen atoms in total. The molecule has 0 bridgehead atoms. The molecule has 1 atom stereocenters. The summed E-state index contributed by atoms with van der Waals surface area (Å²) in [6, 6.07) is 9.17. The molecule has 0 heterocycles. The molecule has 2 aliphatic rings. The zero-order chi connectivity index (χ0) is 12.1. The molecule has 1 unspecified atom stereocenters. The molecular weight excluding hydrogens is 208 g/mol. The summed E-state index contributed by atoms with van der Waals surface area (Å²) in [7, 11) is 0. The van der Waals surface area contributed by atoms with E-state index >= 15 is 0 Å². The summed E-state index contributed by atoms with van der Waals surface area (Å²) < 4.78 is 0. The first-order valence-electron chi connectivity index (χ1n) is 6.61. The molecule has 3 rings (SSSR count). The van der Waals surface area contributed by atoms with Crippen LogP contribution in [0.2, 0.25) is 0 Å². The van der Waals surface area contributed by atoms with E-state index in [0.717, 1.165) is 18.3 Å². The highest BCUT2D eigenvalue weighted by Crippen LogP contribution is 2.50. The van der Waals surface area contributed by atoms with Crippen molar-refractivity contribution in [3.63, 3.8) is 0 Å². The number of anilines is 1. The van der Waals surface area contributed by atoms with Gasteiger partial charge in [-0.1, -0.05) is 26.0 Å². The van der Waals surface area contributed by atoms with Crippen LogP contribution < -0.4 is 11.1 Å². The standard InChI is InChI=1S/C15H22N2/c1-14(2)9-13(14)17-10-15(7-8-15)11-3-5-12(16)6-4-11/h3-6,13,17H,7-10,16H2,1-2H3. The Hall–Kier alpha value is -1.02. The average molecular weight is 230 g/mol. The van der Waals surface area contributed by atoms with Crippen molar-refractivity contribution in [2.45, 2.75) is 44.6 Å². The van der Waals surface area contributed by atoms with Gasteiger partial charge in [0.15, 0.2) is 0 Å². The van der Waals surface area contributed by atoms with Crippen LogP contribution in [0, 0.1) is 5.41 Å². The van der Waals surface area contributed by atoms with E-state index in [1.165, 1.54) is 24.8 Å². The van der Waals surface area contributed by atoms with E-state index in [-0.39, 0.29) is 0 Å². The molecule has 2 heteroatoms. The van der Waals surface area contributed by atoms with Crippen molar-refractivity contribution in [3.8, 4) is 0 Å². The fraction of sp³-hybridized carbons (Fsp3) is 0.600. The van der Waals surface area contributed by atoms with Gasteiger partial charge in [0, 0.05) is 23.7 Å². The minimum Gasteiger partial charge on any atom is -0.399 e. The highest BCUT2D eigenvalue weighted by Gasteiger charge is 2.49. The van der Waals surface area contributed by atoms with E-state index in [9.17, 15) is 0 Å². The van der Waals surface area contributed by atoms with Crippen LogP contribution in [0.15, 0.2) is 24.3 Å². The zero-order valence-corrected chi connectivity index (χ0v) is 10.8. The van der Waals surface area contributed by atoms with Crippen LogP contribution in [0.25, 0.3) is 0 Å². The van der Waals surface area contributed by atoms with Crippen LogP contribution in [0.1, 0.15) is 38.7 Å². The van der Waals surface area contributed by atoms with Crippen molar-refractivity contribution in [3.05, 3.63) is 29.8 Å². The number of nitrogen functional groups attached to an aromatic ring is 1. The smallest absolute Gasteiger partial charge is 0.0314 e. The van der Waals surface area contributed by atoms with Crippen molar-refractivity contribution >= 4 is 5.69 Å². The summed E-state index contributed by atoms with van der Waals surface area (Å²) in [6.07, 6.45) is 3.96. The van der Waals surface area contributed by atoms with E-state index in [1.807, 2.05) is 12.1 Å². The first-order chi connectivity index (χ1) is 8.02. The van der Waals surface area contributed by atoms with E-state index in [2.05, 4.69) is 31.3 Å². The maximum absolute atomic E-state index is 5.74. The molecule has 0 aliphatic heterocycles. The lowest BCUT2D eigenvalue weighted by atomic mass is 9.95. The number of benzene rings is 1. The highest BCUT2D eigenvalue weighted by molar-refractivity contribution is 5.43. The molecular formula is C15H22N2. The van der Waals surface area contributed by atoms with Crippen molar-refractivity contribution in [1.82, 2.24) is 5.32 Å². The molecule has 17 heavy (non-hydrogen) atoms. The Balaban J connectivity index is 1.64. The molecule has 1 aromatic rings. The Bertz CT molecular complexity index is 415. The Morgan fingerprint density at radius 1 is 1.24 bits per heavy atom. The van der Waals surface area contributed by atoms with Gasteiger partial charge in [-0.15, -0.1) is 0 Å². The summed E-state index contributed by atoms with van der Waals surface area (Å²) in [5.41, 5.74) is 8.99. The molecule has 3 N–H and O–H groups in total. The Morgan fingerprint density at radius 3 is 2.29 bits per heavy atom.